The lowest BCUT2D eigenvalue weighted by atomic mass is 9.75. The van der Waals surface area contributed by atoms with Gasteiger partial charge in [-0.3, -0.25) is 0 Å². The predicted octanol–water partition coefficient (Wildman–Crippen LogP) is 2.49. The Labute approximate surface area is 75.3 Å². The Morgan fingerprint density at radius 1 is 1.67 bits per heavy atom. The fraction of sp³-hybridized carbons (Fsp3) is 0.636. The van der Waals surface area contributed by atoms with Crippen molar-refractivity contribution >= 4 is 0 Å². The van der Waals surface area contributed by atoms with Gasteiger partial charge < -0.3 is 5.73 Å². The van der Waals surface area contributed by atoms with Crippen molar-refractivity contribution in [2.75, 3.05) is 6.54 Å². The molecule has 0 bridgehead atoms. The summed E-state index contributed by atoms with van der Waals surface area (Å²) in [5.74, 6) is 0.531. The molecule has 0 heterocycles. The molecule has 1 aliphatic rings. The van der Waals surface area contributed by atoms with E-state index in [0.29, 0.717) is 11.3 Å². The molecule has 0 fully saturated rings. The van der Waals surface area contributed by atoms with E-state index in [2.05, 4.69) is 32.6 Å². The first-order valence-electron chi connectivity index (χ1n) is 4.62. The molecule has 1 atom stereocenters. The van der Waals surface area contributed by atoms with Gasteiger partial charge in [-0.05, 0) is 30.7 Å². The molecular formula is C11H19N. The first kappa shape index (κ1) is 9.53. The van der Waals surface area contributed by atoms with E-state index >= 15 is 0 Å². The van der Waals surface area contributed by atoms with Gasteiger partial charge in [0, 0.05) is 0 Å². The van der Waals surface area contributed by atoms with Crippen molar-refractivity contribution in [3.63, 3.8) is 0 Å². The molecule has 0 aromatic heterocycles. The summed E-state index contributed by atoms with van der Waals surface area (Å²) in [6, 6.07) is 0. The molecule has 0 radical (unpaired) electrons. The topological polar surface area (TPSA) is 26.0 Å². The van der Waals surface area contributed by atoms with Crippen LogP contribution in [0.4, 0.5) is 0 Å². The third-order valence-corrected chi connectivity index (χ3v) is 2.46. The maximum absolute atomic E-state index is 5.51. The Morgan fingerprint density at radius 2 is 2.33 bits per heavy atom. The van der Waals surface area contributed by atoms with Crippen LogP contribution in [-0.2, 0) is 0 Å². The first-order valence-corrected chi connectivity index (χ1v) is 4.62. The fourth-order valence-electron chi connectivity index (χ4n) is 1.77. The smallest absolute Gasteiger partial charge is 0.00135 e. The quantitative estimate of drug-likeness (QED) is 0.625. The zero-order valence-electron chi connectivity index (χ0n) is 8.14. The molecule has 1 aliphatic carbocycles. The standard InChI is InChI=1S/C11H19N/c1-9-8-11(2,3)6-4-10(9)5-7-12/h4,6,10H,1,5,7-8,12H2,2-3H3. The summed E-state index contributed by atoms with van der Waals surface area (Å²) >= 11 is 0. The fourth-order valence-corrected chi connectivity index (χ4v) is 1.77. The molecule has 1 nitrogen and oxygen atoms in total. The maximum Gasteiger partial charge on any atom is -0.00135 e. The third-order valence-electron chi connectivity index (χ3n) is 2.46. The van der Waals surface area contributed by atoms with Gasteiger partial charge in [0.25, 0.3) is 0 Å². The van der Waals surface area contributed by atoms with Crippen molar-refractivity contribution in [3.05, 3.63) is 24.3 Å². The molecular weight excluding hydrogens is 146 g/mol. The average Bonchev–Trinajstić information content (AvgIpc) is 1.94. The van der Waals surface area contributed by atoms with E-state index in [1.54, 1.807) is 0 Å². The second-order valence-corrected chi connectivity index (χ2v) is 4.37. The van der Waals surface area contributed by atoms with Crippen molar-refractivity contribution in [2.45, 2.75) is 26.7 Å². The van der Waals surface area contributed by atoms with Crippen LogP contribution in [0.1, 0.15) is 26.7 Å². The Hall–Kier alpha value is -0.560. The van der Waals surface area contributed by atoms with Gasteiger partial charge >= 0.3 is 0 Å². The van der Waals surface area contributed by atoms with Crippen molar-refractivity contribution in [2.24, 2.45) is 17.1 Å². The molecule has 68 valence electrons. The summed E-state index contributed by atoms with van der Waals surface area (Å²) in [4.78, 5) is 0. The van der Waals surface area contributed by atoms with E-state index in [1.165, 1.54) is 5.57 Å². The number of hydrogen-bond acceptors (Lipinski definition) is 1. The second-order valence-electron chi connectivity index (χ2n) is 4.37. The Bertz CT molecular complexity index is 201. The minimum Gasteiger partial charge on any atom is -0.330 e. The molecule has 0 saturated carbocycles. The average molecular weight is 165 g/mol. The summed E-state index contributed by atoms with van der Waals surface area (Å²) in [7, 11) is 0. The van der Waals surface area contributed by atoms with E-state index in [0.717, 1.165) is 19.4 Å². The van der Waals surface area contributed by atoms with E-state index in [-0.39, 0.29) is 0 Å². The van der Waals surface area contributed by atoms with Gasteiger partial charge in [0.2, 0.25) is 0 Å². The van der Waals surface area contributed by atoms with Crippen LogP contribution in [0.25, 0.3) is 0 Å². The van der Waals surface area contributed by atoms with Crippen LogP contribution >= 0.6 is 0 Å². The minimum atomic E-state index is 0.308. The molecule has 1 unspecified atom stereocenters. The van der Waals surface area contributed by atoms with Gasteiger partial charge in [0.1, 0.15) is 0 Å². The zero-order chi connectivity index (χ0) is 9.19. The Balaban J connectivity index is 2.66. The molecule has 12 heavy (non-hydrogen) atoms. The largest absolute Gasteiger partial charge is 0.330 e. The molecule has 0 amide bonds. The summed E-state index contributed by atoms with van der Waals surface area (Å²) in [6.07, 6.45) is 6.71. The molecule has 0 saturated heterocycles. The Morgan fingerprint density at radius 3 is 2.83 bits per heavy atom. The highest BCUT2D eigenvalue weighted by Crippen LogP contribution is 2.36. The van der Waals surface area contributed by atoms with E-state index < -0.39 is 0 Å². The first-order chi connectivity index (χ1) is 5.55. The lowest BCUT2D eigenvalue weighted by Crippen LogP contribution is -2.19. The van der Waals surface area contributed by atoms with Crippen LogP contribution in [0.2, 0.25) is 0 Å². The number of allylic oxidation sites excluding steroid dienone is 3. The lowest BCUT2D eigenvalue weighted by molar-refractivity contribution is 0.427. The molecule has 0 aromatic rings. The van der Waals surface area contributed by atoms with Gasteiger partial charge in [-0.15, -0.1) is 0 Å². The SMILES string of the molecule is C=C1CC(C)(C)C=CC1CCN. The van der Waals surface area contributed by atoms with Crippen molar-refractivity contribution in [1.29, 1.82) is 0 Å². The Kier molecular flexibility index (Phi) is 2.73. The summed E-state index contributed by atoms with van der Waals surface area (Å²) in [5, 5.41) is 0. The molecule has 1 heteroatoms. The highest BCUT2D eigenvalue weighted by Gasteiger charge is 2.23. The molecule has 0 spiro atoms. The normalized spacial score (nSPS) is 27.6. The van der Waals surface area contributed by atoms with Crippen LogP contribution < -0.4 is 5.73 Å². The van der Waals surface area contributed by atoms with Gasteiger partial charge in [-0.1, -0.05) is 38.2 Å². The van der Waals surface area contributed by atoms with Crippen molar-refractivity contribution in [1.82, 2.24) is 0 Å². The highest BCUT2D eigenvalue weighted by atomic mass is 14.5. The summed E-state index contributed by atoms with van der Waals surface area (Å²) in [5.41, 5.74) is 7.16. The molecule has 1 rings (SSSR count). The predicted molar refractivity (Wildman–Crippen MR) is 53.8 cm³/mol. The monoisotopic (exact) mass is 165 g/mol. The van der Waals surface area contributed by atoms with Crippen LogP contribution in [0.3, 0.4) is 0 Å². The van der Waals surface area contributed by atoms with Crippen LogP contribution in [0.5, 0.6) is 0 Å². The molecule has 2 N–H and O–H groups in total. The lowest BCUT2D eigenvalue weighted by Gasteiger charge is -2.30. The van der Waals surface area contributed by atoms with Crippen LogP contribution in [0, 0.1) is 11.3 Å². The summed E-state index contributed by atoms with van der Waals surface area (Å²) in [6.45, 7) is 9.35. The molecule has 0 aliphatic heterocycles. The summed E-state index contributed by atoms with van der Waals surface area (Å²) < 4.78 is 0. The van der Waals surface area contributed by atoms with Crippen LogP contribution in [0.15, 0.2) is 24.3 Å². The van der Waals surface area contributed by atoms with E-state index in [9.17, 15) is 0 Å². The van der Waals surface area contributed by atoms with Gasteiger partial charge in [-0.2, -0.15) is 0 Å². The number of hydrogen-bond donors (Lipinski definition) is 1. The van der Waals surface area contributed by atoms with E-state index in [1.807, 2.05) is 0 Å². The zero-order valence-corrected chi connectivity index (χ0v) is 8.14. The molecule has 0 aromatic carbocycles. The highest BCUT2D eigenvalue weighted by molar-refractivity contribution is 5.20. The van der Waals surface area contributed by atoms with Gasteiger partial charge in [0.05, 0.1) is 0 Å². The number of nitrogens with two attached hydrogens (primary N) is 1. The second kappa shape index (κ2) is 3.44. The minimum absolute atomic E-state index is 0.308. The van der Waals surface area contributed by atoms with Crippen LogP contribution in [-0.4, -0.2) is 6.54 Å². The maximum atomic E-state index is 5.51. The van der Waals surface area contributed by atoms with E-state index in [4.69, 9.17) is 5.73 Å². The van der Waals surface area contributed by atoms with Gasteiger partial charge in [0.15, 0.2) is 0 Å². The van der Waals surface area contributed by atoms with Crippen molar-refractivity contribution < 1.29 is 0 Å². The van der Waals surface area contributed by atoms with Gasteiger partial charge in [-0.25, -0.2) is 0 Å². The third kappa shape index (κ3) is 2.21. The number of rotatable bonds is 2. The van der Waals surface area contributed by atoms with Crippen molar-refractivity contribution in [3.8, 4) is 0 Å².